The van der Waals surface area contributed by atoms with Crippen molar-refractivity contribution in [2.75, 3.05) is 31.6 Å². The summed E-state index contributed by atoms with van der Waals surface area (Å²) in [5.74, 6) is -1.07. The quantitative estimate of drug-likeness (QED) is 0.204. The van der Waals surface area contributed by atoms with Crippen LogP contribution < -0.4 is 19.1 Å². The number of anilines is 1. The van der Waals surface area contributed by atoms with Crippen molar-refractivity contribution in [1.82, 2.24) is 10.2 Å². The number of benzene rings is 4. The van der Waals surface area contributed by atoms with Crippen LogP contribution in [0.15, 0.2) is 102 Å². The molecule has 1 unspecified atom stereocenters. The number of nitrogens with one attached hydrogen (secondary N) is 1. The molecule has 0 aliphatic heterocycles. The zero-order valence-corrected chi connectivity index (χ0v) is 27.1. The van der Waals surface area contributed by atoms with Gasteiger partial charge in [0.15, 0.2) is 11.5 Å². The summed E-state index contributed by atoms with van der Waals surface area (Å²) >= 11 is 0. The normalized spacial score (nSPS) is 11.8. The van der Waals surface area contributed by atoms with Crippen LogP contribution in [0, 0.1) is 12.7 Å². The largest absolute Gasteiger partial charge is 0.493 e. The number of nitrogens with zero attached hydrogens (tertiary/aromatic N) is 2. The fourth-order valence-electron chi connectivity index (χ4n) is 5.06. The molecule has 1 atom stereocenters. The van der Waals surface area contributed by atoms with Gasteiger partial charge in [0.2, 0.25) is 11.8 Å². The fraction of sp³-hybridized carbons (Fsp3) is 0.257. The van der Waals surface area contributed by atoms with Crippen LogP contribution in [0.5, 0.6) is 11.5 Å². The van der Waals surface area contributed by atoms with Gasteiger partial charge in [0.25, 0.3) is 10.0 Å². The lowest BCUT2D eigenvalue weighted by atomic mass is 10.0. The first kappa shape index (κ1) is 34.0. The third-order valence-corrected chi connectivity index (χ3v) is 9.33. The average Bonchev–Trinajstić information content (AvgIpc) is 3.06. The number of halogens is 1. The van der Waals surface area contributed by atoms with Crippen LogP contribution in [0.1, 0.15) is 23.6 Å². The summed E-state index contributed by atoms with van der Waals surface area (Å²) in [6.07, 6.45) is 0.198. The van der Waals surface area contributed by atoms with E-state index in [2.05, 4.69) is 5.32 Å². The van der Waals surface area contributed by atoms with Crippen LogP contribution in [-0.2, 0) is 32.6 Å². The minimum absolute atomic E-state index is 0.0494. The second-order valence-corrected chi connectivity index (χ2v) is 12.4. The number of carbonyl (C=O) groups excluding carboxylic acids is 2. The summed E-state index contributed by atoms with van der Waals surface area (Å²) in [5.41, 5.74) is 2.60. The van der Waals surface area contributed by atoms with Crippen LogP contribution >= 0.6 is 0 Å². The number of hydrogen-bond donors (Lipinski definition) is 1. The van der Waals surface area contributed by atoms with E-state index in [0.29, 0.717) is 12.3 Å². The number of likely N-dealkylation sites (N-methyl/N-ethyl adjacent to an activating group) is 1. The zero-order chi connectivity index (χ0) is 33.3. The minimum Gasteiger partial charge on any atom is -0.493 e. The maximum absolute atomic E-state index is 14.5. The lowest BCUT2D eigenvalue weighted by Gasteiger charge is -2.34. The number of aryl methyl sites for hydroxylation is 1. The first-order valence-corrected chi connectivity index (χ1v) is 16.2. The summed E-state index contributed by atoms with van der Waals surface area (Å²) in [4.78, 5) is 29.3. The van der Waals surface area contributed by atoms with Crippen LogP contribution in [-0.4, -0.2) is 58.5 Å². The molecule has 0 spiro atoms. The van der Waals surface area contributed by atoms with E-state index in [1.54, 1.807) is 6.92 Å². The molecule has 0 aromatic heterocycles. The van der Waals surface area contributed by atoms with Crippen LogP contribution in [0.3, 0.4) is 0 Å². The molecule has 0 bridgehead atoms. The van der Waals surface area contributed by atoms with E-state index in [-0.39, 0.29) is 35.2 Å². The maximum Gasteiger partial charge on any atom is 0.264 e. The molecule has 4 rings (SSSR count). The van der Waals surface area contributed by atoms with Gasteiger partial charge in [-0.1, -0.05) is 54.6 Å². The molecule has 0 saturated heterocycles. The molecule has 11 heteroatoms. The zero-order valence-electron chi connectivity index (χ0n) is 26.3. The first-order chi connectivity index (χ1) is 22.1. The van der Waals surface area contributed by atoms with Gasteiger partial charge in [-0.15, -0.1) is 0 Å². The van der Waals surface area contributed by atoms with Gasteiger partial charge in [-0.05, 0) is 66.9 Å². The third kappa shape index (κ3) is 8.02. The predicted octanol–water partition coefficient (Wildman–Crippen LogP) is 5.12. The highest BCUT2D eigenvalue weighted by Crippen LogP contribution is 2.32. The van der Waals surface area contributed by atoms with Crippen molar-refractivity contribution < 1.29 is 31.9 Å². The monoisotopic (exact) mass is 647 g/mol. The van der Waals surface area contributed by atoms with E-state index in [9.17, 15) is 22.4 Å². The summed E-state index contributed by atoms with van der Waals surface area (Å²) in [6.45, 7) is 3.41. The standard InChI is InChI=1S/C35H38FN3O6S/c1-5-37-35(41)31(21-26-12-7-6-8-13-26)38(23-27-14-10-9-11-25(27)2)34(40)24-39(29-17-15-28(36)16-18-29)46(42,43)30-19-20-32(44-3)33(22-30)45-4/h6-20,22,31H,5,21,23-24H2,1-4H3,(H,37,41). The maximum atomic E-state index is 14.5. The summed E-state index contributed by atoms with van der Waals surface area (Å²) in [6, 6.07) is 24.7. The first-order valence-electron chi connectivity index (χ1n) is 14.7. The Morgan fingerprint density at radius 2 is 1.52 bits per heavy atom. The molecule has 0 heterocycles. The number of rotatable bonds is 14. The van der Waals surface area contributed by atoms with Crippen LogP contribution in [0.4, 0.5) is 10.1 Å². The summed E-state index contributed by atoms with van der Waals surface area (Å²) in [7, 11) is -1.61. The van der Waals surface area contributed by atoms with Gasteiger partial charge >= 0.3 is 0 Å². The number of sulfonamides is 1. The summed E-state index contributed by atoms with van der Waals surface area (Å²) < 4.78 is 54.0. The van der Waals surface area contributed by atoms with Crippen LogP contribution in [0.25, 0.3) is 0 Å². The Kier molecular flexibility index (Phi) is 11.4. The van der Waals surface area contributed by atoms with Crippen molar-refractivity contribution in [3.8, 4) is 11.5 Å². The van der Waals surface area contributed by atoms with E-state index >= 15 is 0 Å². The minimum atomic E-state index is -4.42. The molecule has 1 N–H and O–H groups in total. The molecule has 0 saturated carbocycles. The van der Waals surface area contributed by atoms with Gasteiger partial charge in [-0.3, -0.25) is 13.9 Å². The smallest absolute Gasteiger partial charge is 0.264 e. The molecule has 9 nitrogen and oxygen atoms in total. The Labute approximate surface area is 269 Å². The highest BCUT2D eigenvalue weighted by molar-refractivity contribution is 7.92. The van der Waals surface area contributed by atoms with Crippen molar-refractivity contribution >= 4 is 27.5 Å². The number of hydrogen-bond acceptors (Lipinski definition) is 6. The highest BCUT2D eigenvalue weighted by Gasteiger charge is 2.35. The van der Waals surface area contributed by atoms with E-state index < -0.39 is 34.3 Å². The Bertz CT molecular complexity index is 1750. The van der Waals surface area contributed by atoms with Crippen molar-refractivity contribution in [2.45, 2.75) is 37.8 Å². The third-order valence-electron chi connectivity index (χ3n) is 7.56. The number of methoxy groups -OCH3 is 2. The summed E-state index contributed by atoms with van der Waals surface area (Å²) in [5, 5.41) is 2.84. The average molecular weight is 648 g/mol. The predicted molar refractivity (Wildman–Crippen MR) is 175 cm³/mol. The van der Waals surface area contributed by atoms with Crippen molar-refractivity contribution in [2.24, 2.45) is 0 Å². The molecular formula is C35H38FN3O6S. The Morgan fingerprint density at radius 1 is 0.870 bits per heavy atom. The molecule has 4 aromatic carbocycles. The molecule has 0 aliphatic rings. The molecule has 0 fully saturated rings. The molecule has 0 radical (unpaired) electrons. The van der Waals surface area contributed by atoms with Crippen molar-refractivity contribution in [3.05, 3.63) is 120 Å². The Hall–Kier alpha value is -4.90. The molecule has 2 amide bonds. The van der Waals surface area contributed by atoms with Gasteiger partial charge in [-0.2, -0.15) is 0 Å². The Morgan fingerprint density at radius 3 is 2.15 bits per heavy atom. The highest BCUT2D eigenvalue weighted by atomic mass is 32.2. The number of carbonyl (C=O) groups is 2. The van der Waals surface area contributed by atoms with E-state index in [1.807, 2.05) is 61.5 Å². The van der Waals surface area contributed by atoms with Gasteiger partial charge in [0.1, 0.15) is 18.4 Å². The van der Waals surface area contributed by atoms with E-state index in [1.165, 1.54) is 49.5 Å². The van der Waals surface area contributed by atoms with E-state index in [4.69, 9.17) is 9.47 Å². The second kappa shape index (κ2) is 15.4. The van der Waals surface area contributed by atoms with Gasteiger partial charge in [0.05, 0.1) is 24.8 Å². The van der Waals surface area contributed by atoms with Crippen molar-refractivity contribution in [3.63, 3.8) is 0 Å². The van der Waals surface area contributed by atoms with Crippen LogP contribution in [0.2, 0.25) is 0 Å². The van der Waals surface area contributed by atoms with Gasteiger partial charge in [-0.25, -0.2) is 12.8 Å². The fourth-order valence-corrected chi connectivity index (χ4v) is 6.49. The molecule has 0 aliphatic carbocycles. The second-order valence-electron chi connectivity index (χ2n) is 10.6. The molecule has 46 heavy (non-hydrogen) atoms. The molecule has 4 aromatic rings. The molecule has 242 valence electrons. The number of ether oxygens (including phenoxy) is 2. The Balaban J connectivity index is 1.82. The van der Waals surface area contributed by atoms with Gasteiger partial charge in [0, 0.05) is 25.6 Å². The van der Waals surface area contributed by atoms with E-state index in [0.717, 1.165) is 33.1 Å². The number of amides is 2. The van der Waals surface area contributed by atoms with Gasteiger partial charge < -0.3 is 19.7 Å². The lowest BCUT2D eigenvalue weighted by Crippen LogP contribution is -2.53. The van der Waals surface area contributed by atoms with Crippen molar-refractivity contribution in [1.29, 1.82) is 0 Å². The lowest BCUT2D eigenvalue weighted by molar-refractivity contribution is -0.140. The topological polar surface area (TPSA) is 105 Å². The SMILES string of the molecule is CCNC(=O)C(Cc1ccccc1)N(Cc1ccccc1C)C(=O)CN(c1ccc(F)cc1)S(=O)(=O)c1ccc(OC)c(OC)c1. The molecular weight excluding hydrogens is 609 g/mol.